The minimum absolute atomic E-state index is 0.330. The molecule has 1 aromatic rings. The lowest BCUT2D eigenvalue weighted by Gasteiger charge is -2.28. The molecule has 0 amide bonds. The Bertz CT molecular complexity index is 348. The monoisotopic (exact) mass is 234 g/mol. The molecule has 2 atom stereocenters. The highest BCUT2D eigenvalue weighted by Gasteiger charge is 2.17. The Morgan fingerprint density at radius 1 is 1.41 bits per heavy atom. The number of hydrogen-bond donors (Lipinski definition) is 2. The van der Waals surface area contributed by atoms with Gasteiger partial charge in [0.1, 0.15) is 5.75 Å². The molecule has 1 saturated heterocycles. The predicted molar refractivity (Wildman–Crippen MR) is 70.4 cm³/mol. The van der Waals surface area contributed by atoms with Crippen molar-refractivity contribution in [1.29, 1.82) is 0 Å². The Balaban J connectivity index is 2.00. The summed E-state index contributed by atoms with van der Waals surface area (Å²) in [4.78, 5) is 0. The molecule has 17 heavy (non-hydrogen) atoms. The van der Waals surface area contributed by atoms with Crippen molar-refractivity contribution in [2.24, 2.45) is 0 Å². The number of hydrogen-bond acceptors (Lipinski definition) is 3. The smallest absolute Gasteiger partial charge is 0.123 e. The van der Waals surface area contributed by atoms with E-state index in [1.165, 1.54) is 18.4 Å². The Kier molecular flexibility index (Phi) is 4.40. The van der Waals surface area contributed by atoms with E-state index in [-0.39, 0.29) is 0 Å². The Morgan fingerprint density at radius 3 is 2.94 bits per heavy atom. The second kappa shape index (κ2) is 6.03. The zero-order valence-corrected chi connectivity index (χ0v) is 10.7. The summed E-state index contributed by atoms with van der Waals surface area (Å²) in [5.74, 6) is 0.969. The van der Waals surface area contributed by atoms with Gasteiger partial charge in [-0.2, -0.15) is 0 Å². The van der Waals surface area contributed by atoms with E-state index in [0.717, 1.165) is 18.8 Å². The summed E-state index contributed by atoms with van der Waals surface area (Å²) in [6.07, 6.45) is 2.52. The zero-order valence-electron chi connectivity index (χ0n) is 10.7. The maximum absolute atomic E-state index is 5.40. The summed E-state index contributed by atoms with van der Waals surface area (Å²) in [6.45, 7) is 4.42. The standard InChI is InChI=1S/C14H22N2O/c1-11(16-12-6-5-9-15-10-12)13-7-3-4-8-14(13)17-2/h3-4,7-8,11-12,15-16H,5-6,9-10H2,1-2H3/t11-,12?/m0/s1. The first kappa shape index (κ1) is 12.4. The lowest BCUT2D eigenvalue weighted by atomic mass is 10.0. The molecule has 1 aliphatic rings. The first-order valence-electron chi connectivity index (χ1n) is 6.41. The Morgan fingerprint density at radius 2 is 2.24 bits per heavy atom. The molecular formula is C14H22N2O. The summed E-state index contributed by atoms with van der Waals surface area (Å²) in [5.41, 5.74) is 1.24. The van der Waals surface area contributed by atoms with E-state index in [1.807, 2.05) is 12.1 Å². The number of piperidine rings is 1. The molecule has 0 aromatic heterocycles. The zero-order chi connectivity index (χ0) is 12.1. The predicted octanol–water partition coefficient (Wildman–Crippen LogP) is 2.10. The quantitative estimate of drug-likeness (QED) is 0.837. The van der Waals surface area contributed by atoms with Gasteiger partial charge in [-0.15, -0.1) is 0 Å². The van der Waals surface area contributed by atoms with Crippen LogP contribution < -0.4 is 15.4 Å². The van der Waals surface area contributed by atoms with Crippen LogP contribution in [0.2, 0.25) is 0 Å². The number of ether oxygens (including phenoxy) is 1. The fraction of sp³-hybridized carbons (Fsp3) is 0.571. The van der Waals surface area contributed by atoms with Crippen LogP contribution in [-0.4, -0.2) is 26.2 Å². The first-order valence-corrected chi connectivity index (χ1v) is 6.41. The van der Waals surface area contributed by atoms with Gasteiger partial charge in [-0.25, -0.2) is 0 Å². The largest absolute Gasteiger partial charge is 0.496 e. The van der Waals surface area contributed by atoms with Gasteiger partial charge in [-0.1, -0.05) is 18.2 Å². The van der Waals surface area contributed by atoms with Crippen molar-refractivity contribution >= 4 is 0 Å². The number of rotatable bonds is 4. The highest BCUT2D eigenvalue weighted by molar-refractivity contribution is 5.35. The molecule has 1 heterocycles. The van der Waals surface area contributed by atoms with Crippen molar-refractivity contribution in [3.63, 3.8) is 0 Å². The van der Waals surface area contributed by atoms with E-state index < -0.39 is 0 Å². The van der Waals surface area contributed by atoms with Crippen LogP contribution in [0.1, 0.15) is 31.4 Å². The SMILES string of the molecule is COc1ccccc1[C@H](C)NC1CCCNC1. The molecule has 1 fully saturated rings. The summed E-state index contributed by atoms with van der Waals surface area (Å²) in [6, 6.07) is 9.13. The van der Waals surface area contributed by atoms with Crippen LogP contribution in [0.5, 0.6) is 5.75 Å². The van der Waals surface area contributed by atoms with Gasteiger partial charge >= 0.3 is 0 Å². The molecule has 0 spiro atoms. The van der Waals surface area contributed by atoms with Crippen molar-refractivity contribution in [2.45, 2.75) is 31.8 Å². The van der Waals surface area contributed by atoms with E-state index in [4.69, 9.17) is 4.74 Å². The summed E-state index contributed by atoms with van der Waals surface area (Å²) >= 11 is 0. The molecule has 2 N–H and O–H groups in total. The molecule has 3 nitrogen and oxygen atoms in total. The fourth-order valence-corrected chi connectivity index (χ4v) is 2.46. The lowest BCUT2D eigenvalue weighted by molar-refractivity contribution is 0.352. The molecule has 1 aliphatic heterocycles. The van der Waals surface area contributed by atoms with Gasteiger partial charge in [0.05, 0.1) is 7.11 Å². The first-order chi connectivity index (χ1) is 8.31. The van der Waals surface area contributed by atoms with Gasteiger partial charge < -0.3 is 15.4 Å². The third-order valence-electron chi connectivity index (χ3n) is 3.39. The average Bonchev–Trinajstić information content (AvgIpc) is 2.40. The third kappa shape index (κ3) is 3.20. The fourth-order valence-electron chi connectivity index (χ4n) is 2.46. The van der Waals surface area contributed by atoms with Crippen LogP contribution in [0.25, 0.3) is 0 Å². The van der Waals surface area contributed by atoms with Gasteiger partial charge in [0.25, 0.3) is 0 Å². The van der Waals surface area contributed by atoms with Crippen molar-refractivity contribution in [3.8, 4) is 5.75 Å². The molecule has 0 saturated carbocycles. The molecule has 1 unspecified atom stereocenters. The number of methoxy groups -OCH3 is 1. The molecule has 0 aliphatic carbocycles. The van der Waals surface area contributed by atoms with Crippen LogP contribution >= 0.6 is 0 Å². The van der Waals surface area contributed by atoms with E-state index in [0.29, 0.717) is 12.1 Å². The Labute approximate surface area is 104 Å². The normalized spacial score (nSPS) is 22.1. The van der Waals surface area contributed by atoms with Crippen molar-refractivity contribution in [1.82, 2.24) is 10.6 Å². The average molecular weight is 234 g/mol. The van der Waals surface area contributed by atoms with Gasteiger partial charge in [-0.3, -0.25) is 0 Å². The molecule has 3 heteroatoms. The second-order valence-corrected chi connectivity index (χ2v) is 4.67. The van der Waals surface area contributed by atoms with Gasteiger partial charge in [0.2, 0.25) is 0 Å². The van der Waals surface area contributed by atoms with Crippen LogP contribution in [0.4, 0.5) is 0 Å². The maximum Gasteiger partial charge on any atom is 0.123 e. The maximum atomic E-state index is 5.40. The molecular weight excluding hydrogens is 212 g/mol. The summed E-state index contributed by atoms with van der Waals surface area (Å²) < 4.78 is 5.40. The molecule has 0 bridgehead atoms. The second-order valence-electron chi connectivity index (χ2n) is 4.67. The minimum atomic E-state index is 0.330. The summed E-state index contributed by atoms with van der Waals surface area (Å²) in [7, 11) is 1.73. The van der Waals surface area contributed by atoms with Crippen LogP contribution in [-0.2, 0) is 0 Å². The molecule has 0 radical (unpaired) electrons. The van der Waals surface area contributed by atoms with Gasteiger partial charge in [0.15, 0.2) is 0 Å². The van der Waals surface area contributed by atoms with Crippen LogP contribution in [0, 0.1) is 0 Å². The van der Waals surface area contributed by atoms with E-state index in [1.54, 1.807) is 7.11 Å². The third-order valence-corrected chi connectivity index (χ3v) is 3.39. The van der Waals surface area contributed by atoms with Crippen molar-refractivity contribution < 1.29 is 4.74 Å². The van der Waals surface area contributed by atoms with E-state index in [2.05, 4.69) is 29.7 Å². The van der Waals surface area contributed by atoms with Gasteiger partial charge in [-0.05, 0) is 32.4 Å². The number of benzene rings is 1. The van der Waals surface area contributed by atoms with Crippen molar-refractivity contribution in [2.75, 3.05) is 20.2 Å². The lowest BCUT2D eigenvalue weighted by Crippen LogP contribution is -2.43. The van der Waals surface area contributed by atoms with Gasteiger partial charge in [0, 0.05) is 24.2 Å². The molecule has 94 valence electrons. The van der Waals surface area contributed by atoms with Crippen molar-refractivity contribution in [3.05, 3.63) is 29.8 Å². The van der Waals surface area contributed by atoms with Crippen LogP contribution in [0.3, 0.4) is 0 Å². The Hall–Kier alpha value is -1.06. The number of nitrogens with one attached hydrogen (secondary N) is 2. The topological polar surface area (TPSA) is 33.3 Å². The highest BCUT2D eigenvalue weighted by Crippen LogP contribution is 2.25. The van der Waals surface area contributed by atoms with Crippen LogP contribution in [0.15, 0.2) is 24.3 Å². The number of para-hydroxylation sites is 1. The molecule has 2 rings (SSSR count). The molecule has 1 aromatic carbocycles. The highest BCUT2D eigenvalue weighted by atomic mass is 16.5. The van der Waals surface area contributed by atoms with E-state index in [9.17, 15) is 0 Å². The minimum Gasteiger partial charge on any atom is -0.496 e. The van der Waals surface area contributed by atoms with E-state index >= 15 is 0 Å². The summed E-state index contributed by atoms with van der Waals surface area (Å²) in [5, 5.41) is 7.09.